The predicted molar refractivity (Wildman–Crippen MR) is 116 cm³/mol. The first kappa shape index (κ1) is 22.7. The van der Waals surface area contributed by atoms with E-state index in [1.54, 1.807) is 12.1 Å². The Hall–Kier alpha value is -2.93. The van der Waals surface area contributed by atoms with Crippen molar-refractivity contribution in [3.63, 3.8) is 0 Å². The molecular weight excluding hydrogens is 421 g/mol. The van der Waals surface area contributed by atoms with Gasteiger partial charge in [-0.05, 0) is 48.2 Å². The maximum atomic E-state index is 13.4. The molecule has 1 aliphatic rings. The van der Waals surface area contributed by atoms with Crippen molar-refractivity contribution in [2.75, 3.05) is 13.1 Å². The fourth-order valence-electron chi connectivity index (χ4n) is 3.65. The zero-order valence-corrected chi connectivity index (χ0v) is 18.0. The van der Waals surface area contributed by atoms with Crippen LogP contribution in [0.1, 0.15) is 37.3 Å². The molecular formula is C23H25ClFN3O3. The summed E-state index contributed by atoms with van der Waals surface area (Å²) in [6.45, 7) is 1.97. The maximum Gasteiger partial charge on any atom is 0.325 e. The smallest absolute Gasteiger partial charge is 0.325 e. The lowest BCUT2D eigenvalue weighted by Gasteiger charge is -2.27. The second kappa shape index (κ2) is 9.92. The highest BCUT2D eigenvalue weighted by atomic mass is 35.5. The molecule has 1 atom stereocenters. The van der Waals surface area contributed by atoms with Crippen molar-refractivity contribution >= 4 is 29.4 Å². The quantitative estimate of drug-likeness (QED) is 0.576. The van der Waals surface area contributed by atoms with Gasteiger partial charge in [0, 0.05) is 11.6 Å². The average molecular weight is 446 g/mol. The number of nitrogens with zero attached hydrogens (tertiary/aromatic N) is 1. The number of carbonyl (C=O) groups is 3. The van der Waals surface area contributed by atoms with Gasteiger partial charge >= 0.3 is 6.03 Å². The molecule has 1 fully saturated rings. The molecule has 8 heteroatoms. The number of nitrogens with one attached hydrogen (secondary N) is 2. The molecule has 1 aliphatic heterocycles. The van der Waals surface area contributed by atoms with Gasteiger partial charge in [-0.15, -0.1) is 0 Å². The summed E-state index contributed by atoms with van der Waals surface area (Å²) in [6, 6.07) is 12.2. The Morgan fingerprint density at radius 1 is 1.13 bits per heavy atom. The highest BCUT2D eigenvalue weighted by Crippen LogP contribution is 2.34. The zero-order chi connectivity index (χ0) is 22.4. The second-order valence-electron chi connectivity index (χ2n) is 7.56. The third kappa shape index (κ3) is 5.22. The summed E-state index contributed by atoms with van der Waals surface area (Å²) < 4.78 is 13.4. The van der Waals surface area contributed by atoms with E-state index in [2.05, 4.69) is 10.6 Å². The fourth-order valence-corrected chi connectivity index (χ4v) is 3.78. The van der Waals surface area contributed by atoms with Gasteiger partial charge in [0.15, 0.2) is 0 Å². The molecule has 1 saturated heterocycles. The molecule has 31 heavy (non-hydrogen) atoms. The van der Waals surface area contributed by atoms with Crippen LogP contribution in [-0.4, -0.2) is 35.8 Å². The number of rotatable bonds is 9. The van der Waals surface area contributed by atoms with E-state index in [9.17, 15) is 18.8 Å². The number of unbranched alkanes of at least 4 members (excludes halogenated alkanes) is 1. The van der Waals surface area contributed by atoms with Crippen molar-refractivity contribution in [1.82, 2.24) is 15.5 Å². The van der Waals surface area contributed by atoms with Gasteiger partial charge in [-0.2, -0.15) is 0 Å². The van der Waals surface area contributed by atoms with Crippen LogP contribution >= 0.6 is 11.6 Å². The summed E-state index contributed by atoms with van der Waals surface area (Å²) in [5.41, 5.74) is 0.227. The van der Waals surface area contributed by atoms with Gasteiger partial charge in [-0.25, -0.2) is 9.18 Å². The third-order valence-corrected chi connectivity index (χ3v) is 5.62. The number of halogens is 2. The van der Waals surface area contributed by atoms with Crippen LogP contribution in [0.4, 0.5) is 9.18 Å². The molecule has 2 aromatic rings. The molecule has 0 aromatic heterocycles. The van der Waals surface area contributed by atoms with Gasteiger partial charge in [-0.1, -0.05) is 55.6 Å². The van der Waals surface area contributed by atoms with Crippen LogP contribution in [0.2, 0.25) is 5.02 Å². The summed E-state index contributed by atoms with van der Waals surface area (Å²) in [6.07, 6.45) is 2.47. The van der Waals surface area contributed by atoms with E-state index < -0.39 is 29.2 Å². The summed E-state index contributed by atoms with van der Waals surface area (Å²) in [5, 5.41) is 6.13. The molecule has 0 aliphatic carbocycles. The second-order valence-corrected chi connectivity index (χ2v) is 8.00. The molecule has 0 spiro atoms. The molecule has 3 rings (SSSR count). The van der Waals surface area contributed by atoms with Crippen LogP contribution in [0.15, 0.2) is 48.5 Å². The highest BCUT2D eigenvalue weighted by Gasteiger charge is 2.52. The van der Waals surface area contributed by atoms with Crippen molar-refractivity contribution in [3.8, 4) is 0 Å². The minimum atomic E-state index is -1.29. The van der Waals surface area contributed by atoms with Crippen LogP contribution in [0.3, 0.4) is 0 Å². The molecule has 0 radical (unpaired) electrons. The van der Waals surface area contributed by atoms with E-state index in [0.717, 1.165) is 16.9 Å². The number of carbonyl (C=O) groups excluding carboxylic acids is 3. The van der Waals surface area contributed by atoms with Crippen LogP contribution in [0.5, 0.6) is 0 Å². The van der Waals surface area contributed by atoms with Crippen LogP contribution in [-0.2, 0) is 21.5 Å². The van der Waals surface area contributed by atoms with Crippen molar-refractivity contribution in [1.29, 1.82) is 0 Å². The maximum absolute atomic E-state index is 13.4. The third-order valence-electron chi connectivity index (χ3n) is 5.37. The van der Waals surface area contributed by atoms with Gasteiger partial charge in [0.25, 0.3) is 5.91 Å². The SMILES string of the molecule is CCCCC1(c2ccc(F)cc2)NC(=O)N(CC(=O)NCCc2ccc(Cl)cc2)C1=O. The number of hydrogen-bond acceptors (Lipinski definition) is 3. The average Bonchev–Trinajstić information content (AvgIpc) is 2.99. The van der Waals surface area contributed by atoms with Crippen molar-refractivity contribution in [3.05, 3.63) is 70.5 Å². The molecule has 4 amide bonds. The number of amides is 4. The van der Waals surface area contributed by atoms with E-state index >= 15 is 0 Å². The lowest BCUT2D eigenvalue weighted by molar-refractivity contribution is -0.135. The molecule has 0 saturated carbocycles. The summed E-state index contributed by atoms with van der Waals surface area (Å²) in [5.74, 6) is -1.35. The Kier molecular flexibility index (Phi) is 7.28. The van der Waals surface area contributed by atoms with Crippen LogP contribution in [0.25, 0.3) is 0 Å². The van der Waals surface area contributed by atoms with Gasteiger partial charge in [0.05, 0.1) is 0 Å². The van der Waals surface area contributed by atoms with E-state index in [1.165, 1.54) is 24.3 Å². The molecule has 0 bridgehead atoms. The lowest BCUT2D eigenvalue weighted by Crippen LogP contribution is -2.45. The first-order valence-corrected chi connectivity index (χ1v) is 10.6. The normalized spacial score (nSPS) is 18.2. The molecule has 1 heterocycles. The first-order chi connectivity index (χ1) is 14.9. The van der Waals surface area contributed by atoms with E-state index in [1.807, 2.05) is 19.1 Å². The standard InChI is InChI=1S/C23H25ClFN3O3/c1-2-3-13-23(17-6-10-19(25)11-7-17)21(30)28(22(31)27-23)15-20(29)26-14-12-16-4-8-18(24)9-5-16/h4-11H,2-3,12-15H2,1H3,(H,26,29)(H,27,31). The topological polar surface area (TPSA) is 78.5 Å². The van der Waals surface area contributed by atoms with Gasteiger partial charge in [-0.3, -0.25) is 14.5 Å². The lowest BCUT2D eigenvalue weighted by atomic mass is 9.85. The minimum absolute atomic E-state index is 0.364. The van der Waals surface area contributed by atoms with Crippen LogP contribution < -0.4 is 10.6 Å². The Morgan fingerprint density at radius 2 is 1.81 bits per heavy atom. The Bertz CT molecular complexity index is 950. The zero-order valence-electron chi connectivity index (χ0n) is 17.3. The van der Waals surface area contributed by atoms with Crippen molar-refractivity contribution in [2.45, 2.75) is 38.1 Å². The molecule has 2 N–H and O–H groups in total. The number of urea groups is 1. The van der Waals surface area contributed by atoms with Crippen molar-refractivity contribution in [2.24, 2.45) is 0 Å². The highest BCUT2D eigenvalue weighted by molar-refractivity contribution is 6.30. The van der Waals surface area contributed by atoms with Gasteiger partial charge < -0.3 is 10.6 Å². The summed E-state index contributed by atoms with van der Waals surface area (Å²) >= 11 is 5.86. The largest absolute Gasteiger partial charge is 0.354 e. The van der Waals surface area contributed by atoms with E-state index in [4.69, 9.17) is 11.6 Å². The Balaban J connectivity index is 1.66. The Labute approximate surface area is 185 Å². The molecule has 6 nitrogen and oxygen atoms in total. The molecule has 164 valence electrons. The Morgan fingerprint density at radius 3 is 2.45 bits per heavy atom. The number of hydrogen-bond donors (Lipinski definition) is 2. The number of benzene rings is 2. The predicted octanol–water partition coefficient (Wildman–Crippen LogP) is 3.78. The monoisotopic (exact) mass is 445 g/mol. The molecule has 2 aromatic carbocycles. The van der Waals surface area contributed by atoms with Gasteiger partial charge in [0.2, 0.25) is 5.91 Å². The van der Waals surface area contributed by atoms with E-state index in [-0.39, 0.29) is 6.54 Å². The van der Waals surface area contributed by atoms with Crippen molar-refractivity contribution < 1.29 is 18.8 Å². The minimum Gasteiger partial charge on any atom is -0.354 e. The first-order valence-electron chi connectivity index (χ1n) is 10.3. The van der Waals surface area contributed by atoms with Crippen LogP contribution in [0, 0.1) is 5.82 Å². The van der Waals surface area contributed by atoms with E-state index in [0.29, 0.717) is 36.4 Å². The fraction of sp³-hybridized carbons (Fsp3) is 0.348. The summed E-state index contributed by atoms with van der Waals surface area (Å²) in [4.78, 5) is 39.2. The molecule has 1 unspecified atom stereocenters. The number of imide groups is 1. The summed E-state index contributed by atoms with van der Waals surface area (Å²) in [7, 11) is 0. The van der Waals surface area contributed by atoms with Gasteiger partial charge in [0.1, 0.15) is 17.9 Å².